The van der Waals surface area contributed by atoms with Gasteiger partial charge in [0.05, 0.1) is 0 Å². The van der Waals surface area contributed by atoms with Crippen LogP contribution in [0.3, 0.4) is 0 Å². The molecule has 0 unspecified atom stereocenters. The number of pyridine rings is 1. The van der Waals surface area contributed by atoms with Crippen molar-refractivity contribution in [2.45, 2.75) is 19.2 Å². The third kappa shape index (κ3) is 1.57. The van der Waals surface area contributed by atoms with Crippen LogP contribution >= 0.6 is 15.9 Å². The van der Waals surface area contributed by atoms with Gasteiger partial charge in [-0.25, -0.2) is 0 Å². The minimum absolute atomic E-state index is 0.890. The van der Waals surface area contributed by atoms with E-state index in [0.717, 1.165) is 11.0 Å². The van der Waals surface area contributed by atoms with Crippen LogP contribution in [0.1, 0.15) is 16.8 Å². The van der Waals surface area contributed by atoms with Crippen molar-refractivity contribution in [3.63, 3.8) is 0 Å². The molecule has 0 aliphatic carbocycles. The number of aromatic nitrogens is 1. The van der Waals surface area contributed by atoms with Gasteiger partial charge in [-0.05, 0) is 25.0 Å². The van der Waals surface area contributed by atoms with E-state index in [0.29, 0.717) is 0 Å². The second-order valence-corrected chi connectivity index (χ2v) is 2.94. The molecule has 54 valence electrons. The molecule has 0 aliphatic heterocycles. The maximum Gasteiger partial charge on any atom is 0.0401 e. The van der Waals surface area contributed by atoms with E-state index in [-0.39, 0.29) is 0 Å². The topological polar surface area (TPSA) is 12.9 Å². The largest absolute Gasteiger partial charge is 0.261 e. The Morgan fingerprint density at radius 1 is 1.50 bits per heavy atom. The summed E-state index contributed by atoms with van der Waals surface area (Å²) < 4.78 is 0. The van der Waals surface area contributed by atoms with Crippen LogP contribution in [0.15, 0.2) is 12.3 Å². The number of aryl methyl sites for hydroxylation is 2. The normalized spacial score (nSPS) is 9.90. The molecule has 1 rings (SSSR count). The van der Waals surface area contributed by atoms with Gasteiger partial charge in [-0.3, -0.25) is 4.98 Å². The number of hydrogen-bond donors (Lipinski definition) is 0. The number of halogens is 1. The minimum Gasteiger partial charge on any atom is -0.261 e. The first kappa shape index (κ1) is 7.73. The summed E-state index contributed by atoms with van der Waals surface area (Å²) in [6.07, 6.45) is 1.90. The van der Waals surface area contributed by atoms with Crippen LogP contribution < -0.4 is 0 Å². The van der Waals surface area contributed by atoms with Gasteiger partial charge in [0.2, 0.25) is 0 Å². The molecule has 2 heteroatoms. The van der Waals surface area contributed by atoms with Gasteiger partial charge in [0.15, 0.2) is 0 Å². The Hall–Kier alpha value is -0.370. The lowest BCUT2D eigenvalue weighted by Gasteiger charge is -1.99. The van der Waals surface area contributed by atoms with Gasteiger partial charge in [0, 0.05) is 17.2 Å². The highest BCUT2D eigenvalue weighted by Gasteiger charge is 1.94. The van der Waals surface area contributed by atoms with Crippen molar-refractivity contribution in [2.75, 3.05) is 0 Å². The fourth-order valence-electron chi connectivity index (χ4n) is 0.774. The van der Waals surface area contributed by atoms with E-state index in [4.69, 9.17) is 0 Å². The molecular formula is C8H10BrN. The summed E-state index contributed by atoms with van der Waals surface area (Å²) in [5, 5.41) is 0.890. The molecule has 1 aromatic rings. The van der Waals surface area contributed by atoms with Gasteiger partial charge < -0.3 is 0 Å². The molecule has 0 atom stereocenters. The molecule has 0 fully saturated rings. The minimum atomic E-state index is 0.890. The predicted octanol–water partition coefficient (Wildman–Crippen LogP) is 2.59. The van der Waals surface area contributed by atoms with Crippen LogP contribution in [-0.2, 0) is 5.33 Å². The first-order valence-electron chi connectivity index (χ1n) is 3.22. The number of nitrogens with zero attached hydrogens (tertiary/aromatic N) is 1. The van der Waals surface area contributed by atoms with Gasteiger partial charge in [-0.2, -0.15) is 0 Å². The van der Waals surface area contributed by atoms with E-state index in [1.165, 1.54) is 11.1 Å². The lowest BCUT2D eigenvalue weighted by atomic mass is 10.2. The average molecular weight is 200 g/mol. The van der Waals surface area contributed by atoms with Crippen LogP contribution in [0.25, 0.3) is 0 Å². The van der Waals surface area contributed by atoms with E-state index in [1.54, 1.807) is 0 Å². The third-order valence-electron chi connectivity index (χ3n) is 1.55. The second-order valence-electron chi connectivity index (χ2n) is 2.38. The molecule has 0 saturated heterocycles. The van der Waals surface area contributed by atoms with Gasteiger partial charge in [-0.15, -0.1) is 0 Å². The molecule has 0 bridgehead atoms. The van der Waals surface area contributed by atoms with Gasteiger partial charge in [-0.1, -0.05) is 22.0 Å². The lowest BCUT2D eigenvalue weighted by molar-refractivity contribution is 1.12. The van der Waals surface area contributed by atoms with Crippen LogP contribution in [0, 0.1) is 13.8 Å². The molecule has 1 heterocycles. The lowest BCUT2D eigenvalue weighted by Crippen LogP contribution is -1.88. The summed E-state index contributed by atoms with van der Waals surface area (Å²) in [6.45, 7) is 4.10. The molecule has 0 radical (unpaired) electrons. The molecule has 0 N–H and O–H groups in total. The summed E-state index contributed by atoms with van der Waals surface area (Å²) in [6, 6.07) is 2.15. The fraction of sp³-hybridized carbons (Fsp3) is 0.375. The predicted molar refractivity (Wildman–Crippen MR) is 46.3 cm³/mol. The smallest absolute Gasteiger partial charge is 0.0401 e. The maximum absolute atomic E-state index is 4.22. The number of rotatable bonds is 1. The molecule has 0 aromatic carbocycles. The molecule has 10 heavy (non-hydrogen) atoms. The van der Waals surface area contributed by atoms with Crippen molar-refractivity contribution in [1.82, 2.24) is 4.98 Å². The summed E-state index contributed by atoms with van der Waals surface area (Å²) in [5.41, 5.74) is 3.62. The second kappa shape index (κ2) is 3.15. The average Bonchev–Trinajstić information content (AvgIpc) is 1.95. The molecule has 1 nitrogen and oxygen atoms in total. The van der Waals surface area contributed by atoms with Crippen LogP contribution in [-0.4, -0.2) is 4.98 Å². The Balaban J connectivity index is 3.04. The number of alkyl halides is 1. The van der Waals surface area contributed by atoms with Crippen molar-refractivity contribution in [3.05, 3.63) is 29.1 Å². The fourth-order valence-corrected chi connectivity index (χ4v) is 1.08. The van der Waals surface area contributed by atoms with Crippen molar-refractivity contribution in [2.24, 2.45) is 0 Å². The van der Waals surface area contributed by atoms with Crippen molar-refractivity contribution in [1.29, 1.82) is 0 Å². The van der Waals surface area contributed by atoms with Gasteiger partial charge in [0.1, 0.15) is 0 Å². The van der Waals surface area contributed by atoms with Crippen molar-refractivity contribution >= 4 is 15.9 Å². The van der Waals surface area contributed by atoms with Crippen LogP contribution in [0.5, 0.6) is 0 Å². The van der Waals surface area contributed by atoms with Crippen molar-refractivity contribution < 1.29 is 0 Å². The van der Waals surface area contributed by atoms with E-state index in [1.807, 2.05) is 13.1 Å². The van der Waals surface area contributed by atoms with Crippen LogP contribution in [0.2, 0.25) is 0 Å². The summed E-state index contributed by atoms with van der Waals surface area (Å²) >= 11 is 3.38. The molecule has 0 aliphatic rings. The van der Waals surface area contributed by atoms with E-state index < -0.39 is 0 Å². The zero-order valence-corrected chi connectivity index (χ0v) is 7.77. The number of hydrogen-bond acceptors (Lipinski definition) is 1. The zero-order valence-electron chi connectivity index (χ0n) is 6.19. The van der Waals surface area contributed by atoms with E-state index in [2.05, 4.69) is 33.9 Å². The SMILES string of the molecule is Cc1cc(CBr)cnc1C. The Morgan fingerprint density at radius 2 is 2.20 bits per heavy atom. The van der Waals surface area contributed by atoms with Gasteiger partial charge in [0.25, 0.3) is 0 Å². The molecule has 1 aromatic heterocycles. The van der Waals surface area contributed by atoms with Gasteiger partial charge >= 0.3 is 0 Å². The van der Waals surface area contributed by atoms with Crippen LogP contribution in [0.4, 0.5) is 0 Å². The van der Waals surface area contributed by atoms with E-state index >= 15 is 0 Å². The summed E-state index contributed by atoms with van der Waals surface area (Å²) in [4.78, 5) is 4.22. The highest BCUT2D eigenvalue weighted by molar-refractivity contribution is 9.08. The molecule has 0 amide bonds. The standard InChI is InChI=1S/C8H10BrN/c1-6-3-8(4-9)5-10-7(6)2/h3,5H,4H2,1-2H3. The quantitative estimate of drug-likeness (QED) is 0.635. The first-order chi connectivity index (χ1) is 4.74. The maximum atomic E-state index is 4.22. The Labute approximate surface area is 69.6 Å². The summed E-state index contributed by atoms with van der Waals surface area (Å²) in [5.74, 6) is 0. The summed E-state index contributed by atoms with van der Waals surface area (Å²) in [7, 11) is 0. The Bertz CT molecular complexity index is 233. The van der Waals surface area contributed by atoms with Crippen molar-refractivity contribution in [3.8, 4) is 0 Å². The highest BCUT2D eigenvalue weighted by Crippen LogP contribution is 2.08. The molecular weight excluding hydrogens is 190 g/mol. The molecule has 0 spiro atoms. The monoisotopic (exact) mass is 199 g/mol. The highest BCUT2D eigenvalue weighted by atomic mass is 79.9. The molecule has 0 saturated carbocycles. The zero-order chi connectivity index (χ0) is 7.56. The van der Waals surface area contributed by atoms with E-state index in [9.17, 15) is 0 Å². The first-order valence-corrected chi connectivity index (χ1v) is 4.34. The Kier molecular flexibility index (Phi) is 2.44. The third-order valence-corrected chi connectivity index (χ3v) is 2.20. The Morgan fingerprint density at radius 3 is 2.70 bits per heavy atom.